The van der Waals surface area contributed by atoms with Crippen LogP contribution in [0.5, 0.6) is 0 Å². The monoisotopic (exact) mass is 242 g/mol. The molecule has 0 amide bonds. The van der Waals surface area contributed by atoms with Gasteiger partial charge >= 0.3 is 0 Å². The first-order valence-corrected chi connectivity index (χ1v) is 7.12. The molecule has 3 N–H and O–H groups in total. The quantitative estimate of drug-likeness (QED) is 0.690. The van der Waals surface area contributed by atoms with Crippen LogP contribution in [0.15, 0.2) is 0 Å². The normalized spacial score (nSPS) is 48.0. The van der Waals surface area contributed by atoms with E-state index < -0.39 is 12.2 Å². The van der Waals surface area contributed by atoms with Crippen molar-refractivity contribution < 1.29 is 15.3 Å². The molecule has 0 saturated heterocycles. The van der Waals surface area contributed by atoms with Crippen LogP contribution in [0, 0.1) is 17.8 Å². The maximum absolute atomic E-state index is 9.90. The second-order valence-electron chi connectivity index (χ2n) is 6.16. The lowest BCUT2D eigenvalue weighted by Gasteiger charge is -2.39. The summed E-state index contributed by atoms with van der Waals surface area (Å²) in [5.74, 6) is 1.48. The topological polar surface area (TPSA) is 60.7 Å². The molecule has 4 unspecified atom stereocenters. The van der Waals surface area contributed by atoms with E-state index >= 15 is 0 Å². The van der Waals surface area contributed by atoms with Gasteiger partial charge < -0.3 is 15.3 Å². The maximum atomic E-state index is 9.90. The van der Waals surface area contributed by atoms with E-state index in [-0.39, 0.29) is 12.0 Å². The van der Waals surface area contributed by atoms with Crippen molar-refractivity contribution in [3.63, 3.8) is 0 Å². The summed E-state index contributed by atoms with van der Waals surface area (Å²) >= 11 is 0. The van der Waals surface area contributed by atoms with Gasteiger partial charge in [0.15, 0.2) is 0 Å². The summed E-state index contributed by atoms with van der Waals surface area (Å²) in [6.45, 7) is 2.06. The Morgan fingerprint density at radius 2 is 1.53 bits per heavy atom. The number of hydrogen-bond acceptors (Lipinski definition) is 3. The van der Waals surface area contributed by atoms with Crippen LogP contribution in [0.25, 0.3) is 0 Å². The number of hydrogen-bond donors (Lipinski definition) is 3. The fraction of sp³-hybridized carbons (Fsp3) is 1.00. The lowest BCUT2D eigenvalue weighted by atomic mass is 9.71. The fourth-order valence-electron chi connectivity index (χ4n) is 3.59. The largest absolute Gasteiger partial charge is 0.393 e. The van der Waals surface area contributed by atoms with Gasteiger partial charge in [-0.2, -0.15) is 0 Å². The van der Waals surface area contributed by atoms with Crippen molar-refractivity contribution >= 4 is 0 Å². The van der Waals surface area contributed by atoms with Gasteiger partial charge in [0.1, 0.15) is 0 Å². The molecule has 4 atom stereocenters. The van der Waals surface area contributed by atoms with Crippen LogP contribution in [-0.4, -0.2) is 33.6 Å². The molecule has 0 radical (unpaired) electrons. The minimum Gasteiger partial charge on any atom is -0.393 e. The third kappa shape index (κ3) is 3.21. The Morgan fingerprint density at radius 1 is 0.882 bits per heavy atom. The molecule has 0 spiro atoms. The second kappa shape index (κ2) is 5.68. The van der Waals surface area contributed by atoms with E-state index in [1.54, 1.807) is 0 Å². The van der Waals surface area contributed by atoms with Gasteiger partial charge in [0.05, 0.1) is 18.3 Å². The average Bonchev–Trinajstić information content (AvgIpc) is 2.33. The molecular formula is C14H26O3. The maximum Gasteiger partial charge on any atom is 0.0827 e. The van der Waals surface area contributed by atoms with E-state index in [4.69, 9.17) is 0 Å². The number of aliphatic hydroxyl groups is 3. The third-order valence-electron chi connectivity index (χ3n) is 4.96. The van der Waals surface area contributed by atoms with Crippen molar-refractivity contribution in [2.24, 2.45) is 17.8 Å². The summed E-state index contributed by atoms with van der Waals surface area (Å²) in [7, 11) is 0. The predicted molar refractivity (Wildman–Crippen MR) is 66.5 cm³/mol. The van der Waals surface area contributed by atoms with Crippen LogP contribution < -0.4 is 0 Å². The highest BCUT2D eigenvalue weighted by molar-refractivity contribution is 4.86. The number of aliphatic hydroxyl groups excluding tert-OH is 3. The molecular weight excluding hydrogens is 216 g/mol. The minimum absolute atomic E-state index is 0.0811. The van der Waals surface area contributed by atoms with Gasteiger partial charge in [-0.05, 0) is 62.7 Å². The van der Waals surface area contributed by atoms with Crippen LogP contribution in [0.1, 0.15) is 51.9 Å². The smallest absolute Gasteiger partial charge is 0.0827 e. The summed E-state index contributed by atoms with van der Waals surface area (Å²) in [6.07, 6.45) is 5.95. The highest BCUT2D eigenvalue weighted by Gasteiger charge is 2.36. The summed E-state index contributed by atoms with van der Waals surface area (Å²) in [4.78, 5) is 0. The second-order valence-corrected chi connectivity index (χ2v) is 6.16. The van der Waals surface area contributed by atoms with Gasteiger partial charge in [-0.3, -0.25) is 0 Å². The molecule has 0 aromatic rings. The summed E-state index contributed by atoms with van der Waals surface area (Å²) in [5, 5.41) is 29.0. The first-order chi connectivity index (χ1) is 8.08. The van der Waals surface area contributed by atoms with Crippen molar-refractivity contribution in [2.45, 2.75) is 70.2 Å². The molecule has 0 aromatic carbocycles. The number of rotatable bonds is 2. The summed E-state index contributed by atoms with van der Waals surface area (Å²) in [6, 6.07) is 0. The molecule has 0 aliphatic heterocycles. The van der Waals surface area contributed by atoms with Crippen LogP contribution in [-0.2, 0) is 0 Å². The molecule has 2 fully saturated rings. The highest BCUT2D eigenvalue weighted by atomic mass is 16.3. The predicted octanol–water partition coefficient (Wildman–Crippen LogP) is 1.70. The van der Waals surface area contributed by atoms with Crippen molar-refractivity contribution in [1.82, 2.24) is 0 Å². The van der Waals surface area contributed by atoms with Gasteiger partial charge in [0, 0.05) is 0 Å². The zero-order chi connectivity index (χ0) is 12.4. The molecule has 0 heterocycles. The molecule has 2 rings (SSSR count). The van der Waals surface area contributed by atoms with E-state index in [0.29, 0.717) is 11.8 Å². The summed E-state index contributed by atoms with van der Waals surface area (Å²) in [5.41, 5.74) is 0. The van der Waals surface area contributed by atoms with Gasteiger partial charge in [0.2, 0.25) is 0 Å². The van der Waals surface area contributed by atoms with E-state index in [1.165, 1.54) is 0 Å². The summed E-state index contributed by atoms with van der Waals surface area (Å²) < 4.78 is 0. The van der Waals surface area contributed by atoms with Gasteiger partial charge in [-0.1, -0.05) is 6.92 Å². The molecule has 0 bridgehead atoms. The van der Waals surface area contributed by atoms with Crippen LogP contribution >= 0.6 is 0 Å². The molecule has 3 nitrogen and oxygen atoms in total. The van der Waals surface area contributed by atoms with E-state index in [1.807, 2.05) is 0 Å². The van der Waals surface area contributed by atoms with E-state index in [9.17, 15) is 15.3 Å². The van der Waals surface area contributed by atoms with Crippen molar-refractivity contribution in [3.05, 3.63) is 0 Å². The lowest BCUT2D eigenvalue weighted by Crippen LogP contribution is -2.41. The molecule has 0 aromatic heterocycles. The minimum atomic E-state index is -0.539. The van der Waals surface area contributed by atoms with Crippen molar-refractivity contribution in [2.75, 3.05) is 0 Å². The Balaban J connectivity index is 1.82. The SMILES string of the molecule is CC1C(CC2CCC(O)CC2)CCC(O)C1O. The van der Waals surface area contributed by atoms with Gasteiger partial charge in [-0.15, -0.1) is 0 Å². The lowest BCUT2D eigenvalue weighted by molar-refractivity contribution is -0.0665. The molecule has 17 heavy (non-hydrogen) atoms. The Bertz CT molecular complexity index is 236. The Kier molecular flexibility index (Phi) is 4.45. The average molecular weight is 242 g/mol. The first kappa shape index (κ1) is 13.3. The van der Waals surface area contributed by atoms with Crippen LogP contribution in [0.4, 0.5) is 0 Å². The fourth-order valence-corrected chi connectivity index (χ4v) is 3.59. The van der Waals surface area contributed by atoms with E-state index in [2.05, 4.69) is 6.92 Å². The Labute approximate surface area is 104 Å². The van der Waals surface area contributed by atoms with Crippen LogP contribution in [0.2, 0.25) is 0 Å². The van der Waals surface area contributed by atoms with Crippen molar-refractivity contribution in [3.8, 4) is 0 Å². The molecule has 3 heteroatoms. The molecule has 2 aliphatic rings. The molecule has 2 aliphatic carbocycles. The Hall–Kier alpha value is -0.120. The van der Waals surface area contributed by atoms with Gasteiger partial charge in [-0.25, -0.2) is 0 Å². The first-order valence-electron chi connectivity index (χ1n) is 7.12. The van der Waals surface area contributed by atoms with E-state index in [0.717, 1.165) is 44.9 Å². The molecule has 100 valence electrons. The standard InChI is InChI=1S/C14H26O3/c1-9-11(4-7-13(16)14(9)17)8-10-2-5-12(15)6-3-10/h9-17H,2-8H2,1H3. The van der Waals surface area contributed by atoms with Crippen LogP contribution in [0.3, 0.4) is 0 Å². The molecule has 2 saturated carbocycles. The highest BCUT2D eigenvalue weighted by Crippen LogP contribution is 2.38. The Morgan fingerprint density at radius 3 is 2.18 bits per heavy atom. The third-order valence-corrected chi connectivity index (χ3v) is 4.96. The zero-order valence-electron chi connectivity index (χ0n) is 10.8. The van der Waals surface area contributed by atoms with Gasteiger partial charge in [0.25, 0.3) is 0 Å². The van der Waals surface area contributed by atoms with Crippen molar-refractivity contribution in [1.29, 1.82) is 0 Å². The zero-order valence-corrected chi connectivity index (χ0v) is 10.8.